The molecular formula is C14H20N2S2. The van der Waals surface area contributed by atoms with E-state index in [0.717, 1.165) is 24.1 Å². The van der Waals surface area contributed by atoms with Crippen molar-refractivity contribution in [2.24, 2.45) is 10.9 Å². The van der Waals surface area contributed by atoms with Gasteiger partial charge in [0.1, 0.15) is 0 Å². The SMILES string of the molecule is Cc1ccc(CC(C)NC2=NCC(C3CC3)S2)s1. The van der Waals surface area contributed by atoms with Gasteiger partial charge < -0.3 is 5.32 Å². The average molecular weight is 280 g/mol. The Morgan fingerprint density at radius 1 is 1.44 bits per heavy atom. The lowest BCUT2D eigenvalue weighted by atomic mass is 10.2. The van der Waals surface area contributed by atoms with Crippen molar-refractivity contribution in [2.75, 3.05) is 6.54 Å². The fourth-order valence-electron chi connectivity index (χ4n) is 2.34. The third-order valence-electron chi connectivity index (χ3n) is 3.50. The van der Waals surface area contributed by atoms with E-state index in [4.69, 9.17) is 0 Å². The van der Waals surface area contributed by atoms with Crippen molar-refractivity contribution in [2.45, 2.75) is 44.4 Å². The van der Waals surface area contributed by atoms with Crippen molar-refractivity contribution >= 4 is 28.3 Å². The molecule has 2 unspecified atom stereocenters. The minimum Gasteiger partial charge on any atom is -0.362 e. The van der Waals surface area contributed by atoms with Gasteiger partial charge in [0, 0.05) is 27.5 Å². The van der Waals surface area contributed by atoms with Crippen LogP contribution in [0.3, 0.4) is 0 Å². The van der Waals surface area contributed by atoms with Crippen LogP contribution in [0.25, 0.3) is 0 Å². The van der Waals surface area contributed by atoms with Gasteiger partial charge in [0.15, 0.2) is 5.17 Å². The summed E-state index contributed by atoms with van der Waals surface area (Å²) in [5, 5.41) is 5.51. The molecule has 1 saturated carbocycles. The van der Waals surface area contributed by atoms with Gasteiger partial charge in [-0.15, -0.1) is 11.3 Å². The Morgan fingerprint density at radius 3 is 2.94 bits per heavy atom. The van der Waals surface area contributed by atoms with E-state index in [9.17, 15) is 0 Å². The van der Waals surface area contributed by atoms with Gasteiger partial charge in [-0.05, 0) is 44.7 Å². The van der Waals surface area contributed by atoms with Crippen LogP contribution in [-0.4, -0.2) is 23.0 Å². The number of rotatable bonds is 4. The molecule has 0 spiro atoms. The average Bonchev–Trinajstić information content (AvgIpc) is 2.95. The molecule has 0 bridgehead atoms. The molecule has 18 heavy (non-hydrogen) atoms. The third kappa shape index (κ3) is 3.09. The first-order valence-electron chi connectivity index (χ1n) is 6.73. The maximum Gasteiger partial charge on any atom is 0.157 e. The number of hydrogen-bond acceptors (Lipinski definition) is 4. The van der Waals surface area contributed by atoms with Crippen LogP contribution in [0.2, 0.25) is 0 Å². The lowest BCUT2D eigenvalue weighted by Crippen LogP contribution is -2.31. The molecule has 3 rings (SSSR count). The van der Waals surface area contributed by atoms with Gasteiger partial charge in [0.2, 0.25) is 0 Å². The molecule has 1 aliphatic heterocycles. The maximum absolute atomic E-state index is 4.64. The second-order valence-corrected chi connectivity index (χ2v) is 8.00. The number of nitrogens with one attached hydrogen (secondary N) is 1. The summed E-state index contributed by atoms with van der Waals surface area (Å²) in [7, 11) is 0. The molecule has 2 aliphatic rings. The number of nitrogens with zero attached hydrogens (tertiary/aromatic N) is 1. The third-order valence-corrected chi connectivity index (χ3v) is 5.83. The van der Waals surface area contributed by atoms with Crippen LogP contribution >= 0.6 is 23.1 Å². The zero-order valence-corrected chi connectivity index (χ0v) is 12.6. The van der Waals surface area contributed by atoms with E-state index in [1.165, 1.54) is 27.8 Å². The number of thioether (sulfide) groups is 1. The summed E-state index contributed by atoms with van der Waals surface area (Å²) < 4.78 is 0. The van der Waals surface area contributed by atoms with Crippen molar-refractivity contribution in [3.8, 4) is 0 Å². The van der Waals surface area contributed by atoms with Crippen LogP contribution in [0.5, 0.6) is 0 Å². The van der Waals surface area contributed by atoms with E-state index in [1.54, 1.807) is 0 Å². The monoisotopic (exact) mass is 280 g/mol. The largest absolute Gasteiger partial charge is 0.362 e. The van der Waals surface area contributed by atoms with Gasteiger partial charge in [-0.2, -0.15) is 0 Å². The number of aliphatic imine (C=N–C) groups is 1. The Hall–Kier alpha value is -0.480. The first-order chi connectivity index (χ1) is 8.70. The van der Waals surface area contributed by atoms with E-state index in [0.29, 0.717) is 6.04 Å². The molecule has 4 heteroatoms. The zero-order valence-electron chi connectivity index (χ0n) is 11.0. The molecule has 1 aromatic heterocycles. The summed E-state index contributed by atoms with van der Waals surface area (Å²) in [5.41, 5.74) is 0. The molecule has 2 nitrogen and oxygen atoms in total. The minimum atomic E-state index is 0.479. The Balaban J connectivity index is 1.47. The molecule has 0 amide bonds. The standard InChI is InChI=1S/C14H20N2S2/c1-9(7-12-6-3-10(2)17-12)16-14-15-8-13(18-14)11-4-5-11/h3,6,9,11,13H,4-5,7-8H2,1-2H3,(H,15,16). The summed E-state index contributed by atoms with van der Waals surface area (Å²) >= 11 is 3.87. The van der Waals surface area contributed by atoms with E-state index in [1.807, 2.05) is 23.1 Å². The van der Waals surface area contributed by atoms with Gasteiger partial charge in [0.05, 0.1) is 6.54 Å². The van der Waals surface area contributed by atoms with Gasteiger partial charge in [-0.1, -0.05) is 11.8 Å². The van der Waals surface area contributed by atoms with Gasteiger partial charge in [-0.25, -0.2) is 0 Å². The van der Waals surface area contributed by atoms with Crippen LogP contribution in [-0.2, 0) is 6.42 Å². The number of thiophene rings is 1. The van der Waals surface area contributed by atoms with Crippen molar-refractivity contribution in [3.05, 3.63) is 21.9 Å². The molecule has 1 aliphatic carbocycles. The van der Waals surface area contributed by atoms with E-state index < -0.39 is 0 Å². The highest BCUT2D eigenvalue weighted by Crippen LogP contribution is 2.41. The Labute approximate surface area is 117 Å². The molecule has 1 aromatic rings. The predicted octanol–water partition coefficient (Wildman–Crippen LogP) is 3.46. The van der Waals surface area contributed by atoms with Crippen molar-refractivity contribution in [1.29, 1.82) is 0 Å². The molecule has 98 valence electrons. The van der Waals surface area contributed by atoms with Crippen molar-refractivity contribution in [3.63, 3.8) is 0 Å². The highest BCUT2D eigenvalue weighted by molar-refractivity contribution is 8.14. The number of aryl methyl sites for hydroxylation is 1. The quantitative estimate of drug-likeness (QED) is 0.913. The Morgan fingerprint density at radius 2 is 2.28 bits per heavy atom. The normalized spacial score (nSPS) is 25.0. The molecule has 1 fully saturated rings. The number of amidine groups is 1. The fourth-order valence-corrected chi connectivity index (χ4v) is 4.68. The summed E-state index contributed by atoms with van der Waals surface area (Å²) in [5.74, 6) is 0.952. The topological polar surface area (TPSA) is 24.4 Å². The summed E-state index contributed by atoms with van der Waals surface area (Å²) in [6, 6.07) is 4.93. The molecule has 0 aromatic carbocycles. The Kier molecular flexibility index (Phi) is 3.66. The number of hydrogen-bond donors (Lipinski definition) is 1. The van der Waals surface area contributed by atoms with Crippen LogP contribution in [0.15, 0.2) is 17.1 Å². The molecule has 0 radical (unpaired) electrons. The fraction of sp³-hybridized carbons (Fsp3) is 0.643. The van der Waals surface area contributed by atoms with E-state index in [-0.39, 0.29) is 0 Å². The highest BCUT2D eigenvalue weighted by atomic mass is 32.2. The Bertz CT molecular complexity index is 448. The van der Waals surface area contributed by atoms with Crippen molar-refractivity contribution in [1.82, 2.24) is 5.32 Å². The summed E-state index contributed by atoms with van der Waals surface area (Å²) in [6.45, 7) is 5.45. The second kappa shape index (κ2) is 5.25. The predicted molar refractivity (Wildman–Crippen MR) is 81.8 cm³/mol. The summed E-state index contributed by atoms with van der Waals surface area (Å²) in [4.78, 5) is 7.51. The van der Waals surface area contributed by atoms with E-state index in [2.05, 4.69) is 36.3 Å². The first kappa shape index (κ1) is 12.5. The molecule has 1 N–H and O–H groups in total. The first-order valence-corrected chi connectivity index (χ1v) is 8.43. The molecular weight excluding hydrogens is 260 g/mol. The van der Waals surface area contributed by atoms with Crippen molar-refractivity contribution < 1.29 is 0 Å². The summed E-state index contributed by atoms with van der Waals surface area (Å²) in [6.07, 6.45) is 3.95. The smallest absolute Gasteiger partial charge is 0.157 e. The molecule has 2 atom stereocenters. The van der Waals surface area contributed by atoms with Crippen LogP contribution in [0.1, 0.15) is 29.5 Å². The van der Waals surface area contributed by atoms with Gasteiger partial charge in [0.25, 0.3) is 0 Å². The van der Waals surface area contributed by atoms with Gasteiger partial charge >= 0.3 is 0 Å². The van der Waals surface area contributed by atoms with Crippen LogP contribution < -0.4 is 5.32 Å². The lowest BCUT2D eigenvalue weighted by Gasteiger charge is -2.14. The molecule has 0 saturated heterocycles. The second-order valence-electron chi connectivity index (χ2n) is 5.40. The lowest BCUT2D eigenvalue weighted by molar-refractivity contribution is 0.670. The van der Waals surface area contributed by atoms with Crippen LogP contribution in [0.4, 0.5) is 0 Å². The van der Waals surface area contributed by atoms with E-state index >= 15 is 0 Å². The van der Waals surface area contributed by atoms with Gasteiger partial charge in [-0.3, -0.25) is 4.99 Å². The van der Waals surface area contributed by atoms with Crippen LogP contribution in [0, 0.1) is 12.8 Å². The minimum absolute atomic E-state index is 0.479. The zero-order chi connectivity index (χ0) is 12.5. The highest BCUT2D eigenvalue weighted by Gasteiger charge is 2.35. The molecule has 2 heterocycles. The maximum atomic E-state index is 4.64.